The van der Waals surface area contributed by atoms with Crippen LogP contribution >= 0.6 is 0 Å². The van der Waals surface area contributed by atoms with Gasteiger partial charge in [-0.2, -0.15) is 0 Å². The first-order valence-electron chi connectivity index (χ1n) is 6.99. The van der Waals surface area contributed by atoms with Crippen LogP contribution in [0, 0.1) is 6.92 Å². The quantitative estimate of drug-likeness (QED) is 0.916. The molecular formula is C15H14N2O2. The fraction of sp³-hybridized carbons (Fsp3) is 0.200. The molecule has 2 heterocycles. The Kier molecular flexibility index (Phi) is 2.38. The molecule has 1 aromatic heterocycles. The highest BCUT2D eigenvalue weighted by Gasteiger charge is 2.18. The molecule has 1 aliphatic rings. The Balaban J connectivity index is 1.85. The second-order valence-electron chi connectivity index (χ2n) is 4.39. The van der Waals surface area contributed by atoms with Crippen molar-refractivity contribution in [1.29, 1.82) is 0 Å². The van der Waals surface area contributed by atoms with Crippen molar-refractivity contribution in [2.45, 2.75) is 20.0 Å². The highest BCUT2D eigenvalue weighted by molar-refractivity contribution is 5.98. The van der Waals surface area contributed by atoms with Crippen molar-refractivity contribution in [1.82, 2.24) is 10.3 Å². The van der Waals surface area contributed by atoms with Crippen LogP contribution < -0.4 is 10.1 Å². The van der Waals surface area contributed by atoms with E-state index < -0.39 is 6.56 Å². The summed E-state index contributed by atoms with van der Waals surface area (Å²) < 4.78 is 21.5. The van der Waals surface area contributed by atoms with Crippen molar-refractivity contribution in [3.8, 4) is 5.75 Å². The number of hydrogen-bond acceptors (Lipinski definition) is 3. The van der Waals surface area contributed by atoms with Gasteiger partial charge in [0.1, 0.15) is 12.3 Å². The Morgan fingerprint density at radius 1 is 1.42 bits per heavy atom. The van der Waals surface area contributed by atoms with Crippen molar-refractivity contribution in [2.75, 3.05) is 0 Å². The summed E-state index contributed by atoms with van der Waals surface area (Å²) in [5, 5.41) is 2.71. The summed E-state index contributed by atoms with van der Waals surface area (Å²) >= 11 is 0. The first-order chi connectivity index (χ1) is 9.95. The van der Waals surface area contributed by atoms with Crippen molar-refractivity contribution in [3.63, 3.8) is 0 Å². The normalized spacial score (nSPS) is 15.3. The molecule has 0 radical (unpaired) electrons. The van der Waals surface area contributed by atoms with Gasteiger partial charge in [0.2, 0.25) is 0 Å². The molecule has 0 aliphatic carbocycles. The van der Waals surface area contributed by atoms with Gasteiger partial charge in [-0.1, -0.05) is 6.07 Å². The summed E-state index contributed by atoms with van der Waals surface area (Å²) in [5.41, 5.74) is 2.59. The lowest BCUT2D eigenvalue weighted by Gasteiger charge is -2.07. The SMILES string of the molecule is [2H]C([2H])(Oc1ccc2c(c1)CNC2=O)c1ccc(C)nc1. The molecule has 1 aromatic carbocycles. The lowest BCUT2D eigenvalue weighted by Crippen LogP contribution is -2.12. The number of amides is 1. The van der Waals surface area contributed by atoms with Gasteiger partial charge in [0, 0.05) is 29.6 Å². The number of rotatable bonds is 3. The third-order valence-electron chi connectivity index (χ3n) is 2.96. The van der Waals surface area contributed by atoms with E-state index in [1.165, 1.54) is 6.20 Å². The van der Waals surface area contributed by atoms with Crippen LogP contribution in [-0.4, -0.2) is 10.9 Å². The second-order valence-corrected chi connectivity index (χ2v) is 4.39. The van der Waals surface area contributed by atoms with Crippen molar-refractivity contribution in [3.05, 3.63) is 58.9 Å². The van der Waals surface area contributed by atoms with Gasteiger partial charge in [0.05, 0.1) is 2.74 Å². The molecule has 4 nitrogen and oxygen atoms in total. The zero-order valence-corrected chi connectivity index (χ0v) is 10.4. The monoisotopic (exact) mass is 256 g/mol. The van der Waals surface area contributed by atoms with Gasteiger partial charge in [-0.3, -0.25) is 9.78 Å². The maximum absolute atomic E-state index is 11.5. The Morgan fingerprint density at radius 2 is 2.32 bits per heavy atom. The first-order valence-corrected chi connectivity index (χ1v) is 5.99. The summed E-state index contributed by atoms with van der Waals surface area (Å²) in [6.45, 7) is 0.302. The maximum Gasteiger partial charge on any atom is 0.251 e. The van der Waals surface area contributed by atoms with E-state index >= 15 is 0 Å². The number of aromatic nitrogens is 1. The van der Waals surface area contributed by atoms with Crippen LogP contribution in [0.1, 0.15) is 29.9 Å². The molecule has 1 N–H and O–H groups in total. The summed E-state index contributed by atoms with van der Waals surface area (Å²) in [5.74, 6) is 0.276. The smallest absolute Gasteiger partial charge is 0.251 e. The average molecular weight is 256 g/mol. The van der Waals surface area contributed by atoms with E-state index in [0.717, 1.165) is 11.3 Å². The number of nitrogens with one attached hydrogen (secondary N) is 1. The van der Waals surface area contributed by atoms with Crippen LogP contribution in [0.15, 0.2) is 36.5 Å². The van der Waals surface area contributed by atoms with E-state index in [0.29, 0.717) is 23.4 Å². The molecule has 0 fully saturated rings. The average Bonchev–Trinajstić information content (AvgIpc) is 2.80. The molecular weight excluding hydrogens is 240 g/mol. The summed E-state index contributed by atoms with van der Waals surface area (Å²) in [4.78, 5) is 15.6. The molecule has 4 heteroatoms. The van der Waals surface area contributed by atoms with Crippen LogP contribution in [-0.2, 0) is 13.1 Å². The minimum atomic E-state index is -1.98. The molecule has 0 spiro atoms. The molecule has 1 amide bonds. The largest absolute Gasteiger partial charge is 0.489 e. The summed E-state index contributed by atoms with van der Waals surface area (Å²) in [6, 6.07) is 8.33. The van der Waals surface area contributed by atoms with E-state index in [2.05, 4.69) is 10.3 Å². The first kappa shape index (κ1) is 9.55. The third kappa shape index (κ3) is 2.42. The van der Waals surface area contributed by atoms with Gasteiger partial charge in [-0.15, -0.1) is 0 Å². The van der Waals surface area contributed by atoms with Gasteiger partial charge in [-0.05, 0) is 36.8 Å². The molecule has 0 unspecified atom stereocenters. The fourth-order valence-electron chi connectivity index (χ4n) is 1.92. The number of aryl methyl sites for hydroxylation is 1. The zero-order chi connectivity index (χ0) is 15.0. The Morgan fingerprint density at radius 3 is 3.11 bits per heavy atom. The molecule has 0 atom stereocenters. The van der Waals surface area contributed by atoms with Gasteiger partial charge >= 0.3 is 0 Å². The molecule has 19 heavy (non-hydrogen) atoms. The lowest BCUT2D eigenvalue weighted by molar-refractivity contribution is 0.0966. The predicted octanol–water partition coefficient (Wildman–Crippen LogP) is 2.21. The Labute approximate surface area is 114 Å². The number of pyridine rings is 1. The van der Waals surface area contributed by atoms with Gasteiger partial charge in [0.15, 0.2) is 0 Å². The maximum atomic E-state index is 11.5. The number of fused-ring (bicyclic) bond motifs is 1. The summed E-state index contributed by atoms with van der Waals surface area (Å²) in [7, 11) is 0. The summed E-state index contributed by atoms with van der Waals surface area (Å²) in [6.07, 6.45) is 1.47. The molecule has 0 saturated carbocycles. The fourth-order valence-corrected chi connectivity index (χ4v) is 1.92. The van der Waals surface area contributed by atoms with Gasteiger partial charge in [-0.25, -0.2) is 0 Å². The van der Waals surface area contributed by atoms with Crippen molar-refractivity contribution in [2.24, 2.45) is 0 Å². The number of ether oxygens (including phenoxy) is 1. The highest BCUT2D eigenvalue weighted by Crippen LogP contribution is 2.22. The lowest BCUT2D eigenvalue weighted by atomic mass is 10.1. The van der Waals surface area contributed by atoms with E-state index in [9.17, 15) is 4.79 Å². The minimum Gasteiger partial charge on any atom is -0.489 e. The van der Waals surface area contributed by atoms with E-state index in [-0.39, 0.29) is 5.91 Å². The predicted molar refractivity (Wildman–Crippen MR) is 70.9 cm³/mol. The number of carbonyl (C=O) groups excluding carboxylic acids is 1. The van der Waals surface area contributed by atoms with Crippen LogP contribution in [0.2, 0.25) is 0 Å². The molecule has 2 aromatic rings. The van der Waals surface area contributed by atoms with Crippen LogP contribution in [0.4, 0.5) is 0 Å². The van der Waals surface area contributed by atoms with Crippen molar-refractivity contribution < 1.29 is 12.3 Å². The number of nitrogens with zero attached hydrogens (tertiary/aromatic N) is 1. The minimum absolute atomic E-state index is 0.109. The molecule has 1 aliphatic heterocycles. The van der Waals surface area contributed by atoms with Gasteiger partial charge < -0.3 is 10.1 Å². The molecule has 96 valence electrons. The van der Waals surface area contributed by atoms with E-state index in [4.69, 9.17) is 7.48 Å². The Bertz CT molecular complexity index is 699. The molecule has 0 saturated heterocycles. The number of benzene rings is 1. The van der Waals surface area contributed by atoms with E-state index in [1.807, 2.05) is 6.92 Å². The van der Waals surface area contributed by atoms with E-state index in [1.54, 1.807) is 30.3 Å². The number of hydrogen-bond donors (Lipinski definition) is 1. The van der Waals surface area contributed by atoms with Crippen LogP contribution in [0.25, 0.3) is 0 Å². The standard InChI is InChI=1S/C15H14N2O2/c1-10-2-3-11(7-16-10)9-19-13-4-5-14-12(6-13)8-17-15(14)18/h2-7H,8-9H2,1H3,(H,17,18)/i9D2. The second kappa shape index (κ2) is 4.72. The number of carbonyl (C=O) groups is 1. The zero-order valence-electron chi connectivity index (χ0n) is 12.4. The van der Waals surface area contributed by atoms with Crippen molar-refractivity contribution >= 4 is 5.91 Å². The van der Waals surface area contributed by atoms with Gasteiger partial charge in [0.25, 0.3) is 5.91 Å². The van der Waals surface area contributed by atoms with Crippen LogP contribution in [0.5, 0.6) is 5.75 Å². The Hall–Kier alpha value is -2.36. The molecule has 0 bridgehead atoms. The topological polar surface area (TPSA) is 51.2 Å². The third-order valence-corrected chi connectivity index (χ3v) is 2.96. The van der Waals surface area contributed by atoms with Crippen LogP contribution in [0.3, 0.4) is 0 Å². The highest BCUT2D eigenvalue weighted by atomic mass is 16.5. The molecule has 3 rings (SSSR count).